The van der Waals surface area contributed by atoms with E-state index in [1.165, 1.54) is 12.4 Å². The predicted octanol–water partition coefficient (Wildman–Crippen LogP) is 3.10. The summed E-state index contributed by atoms with van der Waals surface area (Å²) in [5.74, 6) is -0.759. The molecule has 2 rings (SSSR count). The van der Waals surface area contributed by atoms with E-state index in [4.69, 9.17) is 15.9 Å². The molecule has 2 aromatic carbocycles. The lowest BCUT2D eigenvalue weighted by atomic mass is 10.0. The molecule has 5 N–H and O–H groups in total. The number of carbonyl (C=O) groups is 2. The third-order valence-corrected chi connectivity index (χ3v) is 4.28. The van der Waals surface area contributed by atoms with Crippen LogP contribution in [0.4, 0.5) is 11.4 Å². The summed E-state index contributed by atoms with van der Waals surface area (Å²) in [6.07, 6.45) is 2.52. The maximum Gasteiger partial charge on any atom is 0.311 e. The first-order valence-electron chi connectivity index (χ1n) is 9.79. The summed E-state index contributed by atoms with van der Waals surface area (Å²) in [6, 6.07) is 14.7. The molecule has 0 unspecified atom stereocenters. The number of para-hydroxylation sites is 1. The van der Waals surface area contributed by atoms with Crippen LogP contribution in [0.15, 0.2) is 65.3 Å². The number of anilines is 2. The van der Waals surface area contributed by atoms with Gasteiger partial charge in [-0.05, 0) is 30.7 Å². The molecule has 1 amide bonds. The van der Waals surface area contributed by atoms with Gasteiger partial charge in [0.05, 0.1) is 24.3 Å². The van der Waals surface area contributed by atoms with Crippen molar-refractivity contribution >= 4 is 35.2 Å². The first kappa shape index (κ1) is 23.3. The molecule has 0 saturated heterocycles. The Balaban J connectivity index is 2.00. The molecule has 0 aliphatic rings. The highest BCUT2D eigenvalue weighted by Gasteiger charge is 2.12. The number of rotatable bonds is 10. The number of nitrogens with zero attached hydrogens (tertiary/aromatic N) is 1. The molecule has 0 spiro atoms. The molecule has 2 aromatic rings. The molecule has 8 heteroatoms. The monoisotopic (exact) mass is 421 g/mol. The van der Waals surface area contributed by atoms with Gasteiger partial charge in [-0.25, -0.2) is 0 Å². The number of esters is 1. The molecule has 0 aliphatic heterocycles. The molecule has 0 aliphatic carbocycles. The molecule has 162 valence electrons. The van der Waals surface area contributed by atoms with Crippen LogP contribution in [0.3, 0.4) is 0 Å². The first-order valence-corrected chi connectivity index (χ1v) is 9.79. The summed E-state index contributed by atoms with van der Waals surface area (Å²) >= 11 is 0. The topological polar surface area (TPSA) is 130 Å². The molecule has 0 saturated carbocycles. The molecule has 0 heterocycles. The zero-order chi connectivity index (χ0) is 22.6. The van der Waals surface area contributed by atoms with Gasteiger partial charge in [-0.3, -0.25) is 14.6 Å². The van der Waals surface area contributed by atoms with Crippen molar-refractivity contribution in [3.8, 4) is 0 Å². The molecule has 31 heavy (non-hydrogen) atoms. The second-order valence-electron chi connectivity index (χ2n) is 6.52. The smallest absolute Gasteiger partial charge is 0.311 e. The lowest BCUT2D eigenvalue weighted by molar-refractivity contribution is -0.141. The fraction of sp³-hybridized carbons (Fsp3) is 0.217. The van der Waals surface area contributed by atoms with Crippen molar-refractivity contribution in [3.05, 3.63) is 71.4 Å². The normalized spacial score (nSPS) is 11.2. The molecule has 8 nitrogen and oxygen atoms in total. The van der Waals surface area contributed by atoms with Crippen LogP contribution in [0.2, 0.25) is 0 Å². The molecule has 0 bridgehead atoms. The predicted molar refractivity (Wildman–Crippen MR) is 124 cm³/mol. The van der Waals surface area contributed by atoms with Gasteiger partial charge in [0, 0.05) is 42.9 Å². The van der Waals surface area contributed by atoms with Crippen LogP contribution in [0.1, 0.15) is 24.5 Å². The summed E-state index contributed by atoms with van der Waals surface area (Å²) < 4.78 is 4.93. The van der Waals surface area contributed by atoms with E-state index in [0.717, 1.165) is 11.3 Å². The van der Waals surface area contributed by atoms with E-state index in [1.54, 1.807) is 32.2 Å². The van der Waals surface area contributed by atoms with E-state index in [2.05, 4.69) is 15.6 Å². The standard InChI is InChI=1S/C23H27N5O3/c1-3-31-22(29)12-20(25)19-6-4-5-7-21(19)27-14-16-8-10-18(11-9-16)28-23(30)17(13-24)15-26-2/h4-11,13,15,25,27H,3,12,14,24H2,1-2H3,(H,28,30). The molecule has 0 radical (unpaired) electrons. The zero-order valence-corrected chi connectivity index (χ0v) is 17.6. The van der Waals surface area contributed by atoms with Crippen molar-refractivity contribution in [1.29, 1.82) is 5.41 Å². The Hall–Kier alpha value is -3.94. The van der Waals surface area contributed by atoms with Crippen LogP contribution in [-0.2, 0) is 20.9 Å². The van der Waals surface area contributed by atoms with Gasteiger partial charge < -0.3 is 26.5 Å². The summed E-state index contributed by atoms with van der Waals surface area (Å²) in [5, 5.41) is 14.3. The summed E-state index contributed by atoms with van der Waals surface area (Å²) in [5.41, 5.74) is 8.93. The van der Waals surface area contributed by atoms with E-state index >= 15 is 0 Å². The third-order valence-electron chi connectivity index (χ3n) is 4.28. The highest BCUT2D eigenvalue weighted by Crippen LogP contribution is 2.19. The molecule has 0 fully saturated rings. The molecular weight excluding hydrogens is 394 g/mol. The Morgan fingerprint density at radius 1 is 1.16 bits per heavy atom. The van der Waals surface area contributed by atoms with Gasteiger partial charge in [0.25, 0.3) is 5.91 Å². The van der Waals surface area contributed by atoms with Crippen molar-refractivity contribution in [1.82, 2.24) is 0 Å². The van der Waals surface area contributed by atoms with Crippen LogP contribution in [-0.4, -0.2) is 37.5 Å². The Labute approximate surface area is 181 Å². The van der Waals surface area contributed by atoms with Crippen LogP contribution >= 0.6 is 0 Å². The average molecular weight is 422 g/mol. The third kappa shape index (κ3) is 7.11. The number of carbonyl (C=O) groups excluding carboxylic acids is 2. The van der Waals surface area contributed by atoms with Gasteiger partial charge in [-0.1, -0.05) is 30.3 Å². The molecule has 0 atom stereocenters. The highest BCUT2D eigenvalue weighted by molar-refractivity contribution is 6.17. The van der Waals surface area contributed by atoms with Crippen molar-refractivity contribution in [2.75, 3.05) is 24.3 Å². The van der Waals surface area contributed by atoms with E-state index in [1.807, 2.05) is 30.3 Å². The number of aliphatic imine (C=N–C) groups is 1. The molecule has 0 aromatic heterocycles. The Morgan fingerprint density at radius 3 is 2.52 bits per heavy atom. The van der Waals surface area contributed by atoms with Gasteiger partial charge >= 0.3 is 5.97 Å². The van der Waals surface area contributed by atoms with Gasteiger partial charge in [-0.15, -0.1) is 0 Å². The van der Waals surface area contributed by atoms with E-state index in [-0.39, 0.29) is 23.6 Å². The van der Waals surface area contributed by atoms with Crippen molar-refractivity contribution < 1.29 is 14.3 Å². The Morgan fingerprint density at radius 2 is 1.87 bits per heavy atom. The van der Waals surface area contributed by atoms with Crippen LogP contribution < -0.4 is 16.4 Å². The number of hydrogen-bond donors (Lipinski definition) is 4. The SMILES string of the molecule is CCOC(=O)CC(=N)c1ccccc1NCc1ccc(NC(=O)C(C=NC)=CN)cc1. The number of amides is 1. The summed E-state index contributed by atoms with van der Waals surface area (Å²) in [4.78, 5) is 27.6. The Kier molecular flexibility index (Phi) is 8.97. The summed E-state index contributed by atoms with van der Waals surface area (Å²) in [7, 11) is 1.56. The largest absolute Gasteiger partial charge is 0.466 e. The number of hydrogen-bond acceptors (Lipinski definition) is 7. The van der Waals surface area contributed by atoms with Gasteiger partial charge in [0.15, 0.2) is 0 Å². The van der Waals surface area contributed by atoms with E-state index in [9.17, 15) is 9.59 Å². The number of ether oxygens (including phenoxy) is 1. The molecular formula is C23H27N5O3. The van der Waals surface area contributed by atoms with Gasteiger partial charge in [0.2, 0.25) is 0 Å². The van der Waals surface area contributed by atoms with Crippen molar-refractivity contribution in [3.63, 3.8) is 0 Å². The number of benzene rings is 2. The minimum Gasteiger partial charge on any atom is -0.466 e. The minimum absolute atomic E-state index is 0.0805. The second-order valence-corrected chi connectivity index (χ2v) is 6.52. The minimum atomic E-state index is -0.419. The zero-order valence-electron chi connectivity index (χ0n) is 17.6. The van der Waals surface area contributed by atoms with Gasteiger partial charge in [0.1, 0.15) is 0 Å². The van der Waals surface area contributed by atoms with Crippen LogP contribution in [0.5, 0.6) is 0 Å². The fourth-order valence-electron chi connectivity index (χ4n) is 2.77. The van der Waals surface area contributed by atoms with E-state index in [0.29, 0.717) is 24.4 Å². The maximum atomic E-state index is 12.1. The fourth-order valence-corrected chi connectivity index (χ4v) is 2.77. The summed E-state index contributed by atoms with van der Waals surface area (Å²) in [6.45, 7) is 2.54. The maximum absolute atomic E-state index is 12.1. The van der Waals surface area contributed by atoms with Crippen molar-refractivity contribution in [2.24, 2.45) is 10.7 Å². The van der Waals surface area contributed by atoms with Crippen LogP contribution in [0, 0.1) is 5.41 Å². The lowest BCUT2D eigenvalue weighted by Crippen LogP contribution is -2.16. The average Bonchev–Trinajstić information content (AvgIpc) is 2.77. The van der Waals surface area contributed by atoms with Gasteiger partial charge in [-0.2, -0.15) is 0 Å². The van der Waals surface area contributed by atoms with E-state index < -0.39 is 5.97 Å². The lowest BCUT2D eigenvalue weighted by Gasteiger charge is -2.13. The Bertz CT molecular complexity index is 981. The highest BCUT2D eigenvalue weighted by atomic mass is 16.5. The number of nitrogens with two attached hydrogens (primary N) is 1. The van der Waals surface area contributed by atoms with Crippen molar-refractivity contribution in [2.45, 2.75) is 19.9 Å². The van der Waals surface area contributed by atoms with Crippen LogP contribution in [0.25, 0.3) is 0 Å². The second kappa shape index (κ2) is 11.9. The quantitative estimate of drug-likeness (QED) is 0.266. The number of nitrogens with one attached hydrogen (secondary N) is 3. The first-order chi connectivity index (χ1) is 15.0.